The molecule has 19 heteroatoms. The van der Waals surface area contributed by atoms with Crippen molar-refractivity contribution in [3.8, 4) is 0 Å². The van der Waals surface area contributed by atoms with Crippen LogP contribution in [0.1, 0.15) is 466 Å². The second kappa shape index (κ2) is 78.0. The number of ether oxygens (including phenoxy) is 4. The van der Waals surface area contributed by atoms with Crippen LogP contribution < -0.4 is 0 Å². The second-order valence-corrected chi connectivity index (χ2v) is 36.0. The van der Waals surface area contributed by atoms with Gasteiger partial charge in [-0.25, -0.2) is 9.13 Å². The summed E-state index contributed by atoms with van der Waals surface area (Å²) in [7, 11) is -9.93. The third-order valence-corrected chi connectivity index (χ3v) is 22.5. The Balaban J connectivity index is 5.20. The molecule has 2 unspecified atom stereocenters. The lowest BCUT2D eigenvalue weighted by Crippen LogP contribution is -2.30. The second-order valence-electron chi connectivity index (χ2n) is 33.1. The Bertz CT molecular complexity index is 2060. The molecule has 0 bridgehead atoms. The molecule has 0 saturated carbocycles. The number of hydrogen-bond donors (Lipinski definition) is 3. The van der Waals surface area contributed by atoms with E-state index in [1.165, 1.54) is 276 Å². The molecule has 0 amide bonds. The van der Waals surface area contributed by atoms with Crippen molar-refractivity contribution in [3.63, 3.8) is 0 Å². The molecule has 0 aromatic rings. The maximum absolute atomic E-state index is 13.2. The average Bonchev–Trinajstić information content (AvgIpc) is 0.899. The fraction of sp³-hybridized carbons (Fsp3) is 0.955. The van der Waals surface area contributed by atoms with Crippen LogP contribution in [0.4, 0.5) is 0 Å². The first-order valence-corrected chi connectivity index (χ1v) is 48.3. The highest BCUT2D eigenvalue weighted by Gasteiger charge is 2.31. The van der Waals surface area contributed by atoms with Crippen molar-refractivity contribution in [2.45, 2.75) is 484 Å². The maximum Gasteiger partial charge on any atom is 0.472 e. The van der Waals surface area contributed by atoms with Gasteiger partial charge < -0.3 is 33.8 Å². The lowest BCUT2D eigenvalue weighted by molar-refractivity contribution is -0.161. The van der Waals surface area contributed by atoms with Crippen molar-refractivity contribution in [3.05, 3.63) is 0 Å². The highest BCUT2D eigenvalue weighted by atomic mass is 31.2. The van der Waals surface area contributed by atoms with Crippen molar-refractivity contribution in [2.24, 2.45) is 17.8 Å². The van der Waals surface area contributed by atoms with E-state index in [0.29, 0.717) is 25.7 Å². The van der Waals surface area contributed by atoms with Gasteiger partial charge >= 0.3 is 39.5 Å². The largest absolute Gasteiger partial charge is 0.472 e. The minimum Gasteiger partial charge on any atom is -0.462 e. The van der Waals surface area contributed by atoms with Gasteiger partial charge in [0.1, 0.15) is 19.3 Å². The first-order valence-electron chi connectivity index (χ1n) is 45.3. The highest BCUT2D eigenvalue weighted by molar-refractivity contribution is 7.47. The van der Waals surface area contributed by atoms with Gasteiger partial charge in [0.05, 0.1) is 26.4 Å². The van der Waals surface area contributed by atoms with Gasteiger partial charge in [0.2, 0.25) is 0 Å². The van der Waals surface area contributed by atoms with E-state index in [1.54, 1.807) is 0 Å². The molecule has 0 spiro atoms. The third-order valence-electron chi connectivity index (χ3n) is 20.6. The number of aliphatic hydroxyl groups is 1. The van der Waals surface area contributed by atoms with E-state index >= 15 is 0 Å². The molecule has 0 radical (unpaired) electrons. The molecule has 0 saturated heterocycles. The molecule has 0 aromatic carbocycles. The molecule has 0 aliphatic rings. The molecular formula is C88H172O17P2. The van der Waals surface area contributed by atoms with Crippen molar-refractivity contribution in [1.29, 1.82) is 0 Å². The third kappa shape index (κ3) is 81.9. The number of aliphatic hydroxyl groups excluding tert-OH is 1. The molecule has 0 heterocycles. The zero-order valence-electron chi connectivity index (χ0n) is 70.6. The molecular weight excluding hydrogens is 1390 g/mol. The van der Waals surface area contributed by atoms with Crippen LogP contribution in [0.2, 0.25) is 0 Å². The van der Waals surface area contributed by atoms with Crippen LogP contribution in [0.5, 0.6) is 0 Å². The number of unbranched alkanes of at least 4 members (excludes halogenated alkanes) is 54. The fourth-order valence-corrected chi connectivity index (χ4v) is 15.3. The van der Waals surface area contributed by atoms with Gasteiger partial charge in [0.15, 0.2) is 12.2 Å². The molecule has 5 atom stereocenters. The SMILES string of the molecule is CCCCCCCCCCCC(=O)OC[C@H](COP(=O)(O)OC[C@H](O)COP(=O)(O)OC[C@@H](COC(=O)CCCCCCCCCCCCCCCCCCCCC(C)C)OC(=O)CCCCCCCCCCCCCCCCCCCCC(C)C)OC(=O)CCCCCCCCCCCCCCCC(C)C. The minimum atomic E-state index is -4.97. The Labute approximate surface area is 658 Å². The smallest absolute Gasteiger partial charge is 0.462 e. The lowest BCUT2D eigenvalue weighted by atomic mass is 10.0. The Morgan fingerprint density at radius 2 is 0.430 bits per heavy atom. The summed E-state index contributed by atoms with van der Waals surface area (Å²) in [5.41, 5.74) is 0. The summed E-state index contributed by atoms with van der Waals surface area (Å²) >= 11 is 0. The van der Waals surface area contributed by atoms with Gasteiger partial charge in [-0.15, -0.1) is 0 Å². The summed E-state index contributed by atoms with van der Waals surface area (Å²) in [6.07, 6.45) is 69.5. The number of esters is 4. The summed E-state index contributed by atoms with van der Waals surface area (Å²) < 4.78 is 68.9. The van der Waals surface area contributed by atoms with E-state index in [1.807, 2.05) is 0 Å². The van der Waals surface area contributed by atoms with Crippen molar-refractivity contribution >= 4 is 39.5 Å². The predicted molar refractivity (Wildman–Crippen MR) is 441 cm³/mol. The first-order chi connectivity index (χ1) is 51.7. The molecule has 0 aliphatic heterocycles. The normalized spacial score (nSPS) is 13.8. The number of hydrogen-bond acceptors (Lipinski definition) is 15. The average molecular weight is 1560 g/mol. The zero-order chi connectivity index (χ0) is 78.6. The molecule has 0 fully saturated rings. The predicted octanol–water partition coefficient (Wildman–Crippen LogP) is 26.9. The van der Waals surface area contributed by atoms with Crippen LogP contribution in [0.15, 0.2) is 0 Å². The number of phosphoric ester groups is 2. The van der Waals surface area contributed by atoms with Crippen molar-refractivity contribution in [1.82, 2.24) is 0 Å². The quantitative estimate of drug-likeness (QED) is 0.0222. The molecule has 636 valence electrons. The topological polar surface area (TPSA) is 237 Å². The number of phosphoric acid groups is 2. The Kier molecular flexibility index (Phi) is 76.6. The van der Waals surface area contributed by atoms with Gasteiger partial charge in [0.25, 0.3) is 0 Å². The molecule has 0 rings (SSSR count). The molecule has 17 nitrogen and oxygen atoms in total. The van der Waals surface area contributed by atoms with E-state index < -0.39 is 97.5 Å². The molecule has 3 N–H and O–H groups in total. The Morgan fingerprint density at radius 1 is 0.252 bits per heavy atom. The van der Waals surface area contributed by atoms with E-state index in [2.05, 4.69) is 48.5 Å². The Morgan fingerprint density at radius 3 is 0.636 bits per heavy atom. The van der Waals surface area contributed by atoms with E-state index in [0.717, 1.165) is 108 Å². The first kappa shape index (κ1) is 105. The van der Waals surface area contributed by atoms with E-state index in [9.17, 15) is 43.2 Å². The highest BCUT2D eigenvalue weighted by Crippen LogP contribution is 2.45. The van der Waals surface area contributed by atoms with Gasteiger partial charge in [-0.1, -0.05) is 414 Å². The van der Waals surface area contributed by atoms with Crippen LogP contribution in [0, 0.1) is 17.8 Å². The number of carbonyl (C=O) groups is 4. The monoisotopic (exact) mass is 1560 g/mol. The molecule has 0 aromatic heterocycles. The van der Waals surface area contributed by atoms with E-state index in [-0.39, 0.29) is 25.7 Å². The van der Waals surface area contributed by atoms with Crippen molar-refractivity contribution < 1.29 is 80.2 Å². The standard InChI is InChI=1S/C88H172O17P2/c1-8-9-10-11-12-38-48-55-62-69-85(90)98-75-83(104-88(93)72-65-58-51-44-37-31-25-28-34-41-47-54-61-68-81(6)7)77-102-106(94,95)100-73-82(89)74-101-107(96,97)103-78-84(105-87(92)71-64-57-50-43-36-30-24-20-16-14-18-22-27-33-40-46-53-60-67-80(4)5)76-99-86(91)70-63-56-49-42-35-29-23-19-15-13-17-21-26-32-39-45-52-59-66-79(2)3/h79-84,89H,8-78H2,1-7H3,(H,94,95)(H,96,97)/t82-,83+,84+/m0/s1. The summed E-state index contributed by atoms with van der Waals surface area (Å²) in [5, 5.41) is 10.7. The van der Waals surface area contributed by atoms with Gasteiger partial charge in [0, 0.05) is 25.7 Å². The molecule has 0 aliphatic carbocycles. The lowest BCUT2D eigenvalue weighted by Gasteiger charge is -2.21. The van der Waals surface area contributed by atoms with Crippen LogP contribution in [-0.2, 0) is 65.4 Å². The summed E-state index contributed by atoms with van der Waals surface area (Å²) in [4.78, 5) is 73.2. The summed E-state index contributed by atoms with van der Waals surface area (Å²) in [6.45, 7) is 12.1. The van der Waals surface area contributed by atoms with E-state index in [4.69, 9.17) is 37.0 Å². The van der Waals surface area contributed by atoms with Gasteiger partial charge in [-0.2, -0.15) is 0 Å². The molecule has 107 heavy (non-hydrogen) atoms. The fourth-order valence-electron chi connectivity index (χ4n) is 13.7. The maximum atomic E-state index is 13.2. The van der Waals surface area contributed by atoms with Gasteiger partial charge in [-0.3, -0.25) is 37.3 Å². The minimum absolute atomic E-state index is 0.107. The van der Waals surface area contributed by atoms with Crippen LogP contribution in [0.3, 0.4) is 0 Å². The van der Waals surface area contributed by atoms with Crippen LogP contribution in [-0.4, -0.2) is 96.7 Å². The van der Waals surface area contributed by atoms with Crippen molar-refractivity contribution in [2.75, 3.05) is 39.6 Å². The van der Waals surface area contributed by atoms with Crippen LogP contribution >= 0.6 is 15.6 Å². The number of rotatable bonds is 86. The summed E-state index contributed by atoms with van der Waals surface area (Å²) in [6, 6.07) is 0. The van der Waals surface area contributed by atoms with Crippen LogP contribution in [0.25, 0.3) is 0 Å². The summed E-state index contributed by atoms with van der Waals surface area (Å²) in [5.74, 6) is 0.327. The number of carbonyl (C=O) groups excluding carboxylic acids is 4. The van der Waals surface area contributed by atoms with Gasteiger partial charge in [-0.05, 0) is 43.4 Å². The zero-order valence-corrected chi connectivity index (χ0v) is 72.4. The Hall–Kier alpha value is -1.94.